The Kier molecular flexibility index (Phi) is 3.54. The molecule has 0 N–H and O–H groups in total. The minimum absolute atomic E-state index is 0.00787. The maximum Gasteiger partial charge on any atom is 0.313 e. The van der Waals surface area contributed by atoms with Gasteiger partial charge < -0.3 is 4.74 Å². The van der Waals surface area contributed by atoms with E-state index in [4.69, 9.17) is 4.74 Å². The molecule has 2 atom stereocenters. The third-order valence-corrected chi connectivity index (χ3v) is 5.02. The number of fused-ring (bicyclic) bond motifs is 1. The fourth-order valence-electron chi connectivity index (χ4n) is 4.06. The van der Waals surface area contributed by atoms with Gasteiger partial charge in [0.2, 0.25) is 0 Å². The van der Waals surface area contributed by atoms with E-state index in [-0.39, 0.29) is 11.4 Å². The van der Waals surface area contributed by atoms with E-state index in [9.17, 15) is 4.79 Å². The van der Waals surface area contributed by atoms with E-state index in [1.807, 2.05) is 10.9 Å². The van der Waals surface area contributed by atoms with Gasteiger partial charge in [-0.3, -0.25) is 14.4 Å². The number of hydrogen-bond acceptors (Lipinski definition) is 4. The Morgan fingerprint density at radius 2 is 2.45 bits per heavy atom. The van der Waals surface area contributed by atoms with Crippen LogP contribution in [0.5, 0.6) is 0 Å². The molecule has 2 aliphatic rings. The molecule has 1 aliphatic heterocycles. The maximum absolute atomic E-state index is 12.2. The first-order valence-corrected chi connectivity index (χ1v) is 7.51. The van der Waals surface area contributed by atoms with Crippen LogP contribution in [0.2, 0.25) is 0 Å². The van der Waals surface area contributed by atoms with Crippen LogP contribution in [0.1, 0.15) is 31.9 Å². The first kappa shape index (κ1) is 13.6. The van der Waals surface area contributed by atoms with E-state index in [1.54, 1.807) is 0 Å². The van der Waals surface area contributed by atoms with Gasteiger partial charge in [-0.25, -0.2) is 0 Å². The molecule has 3 rings (SSSR count). The van der Waals surface area contributed by atoms with Crippen LogP contribution in [0.25, 0.3) is 0 Å². The van der Waals surface area contributed by atoms with Gasteiger partial charge in [0, 0.05) is 32.4 Å². The minimum atomic E-state index is -0.244. The Morgan fingerprint density at radius 3 is 3.20 bits per heavy atom. The van der Waals surface area contributed by atoms with Gasteiger partial charge in [0.25, 0.3) is 0 Å². The predicted molar refractivity (Wildman–Crippen MR) is 75.0 cm³/mol. The van der Waals surface area contributed by atoms with E-state index in [0.29, 0.717) is 5.92 Å². The van der Waals surface area contributed by atoms with Crippen molar-refractivity contribution in [3.8, 4) is 0 Å². The molecule has 0 spiro atoms. The van der Waals surface area contributed by atoms with Gasteiger partial charge in [-0.1, -0.05) is 6.42 Å². The van der Waals surface area contributed by atoms with E-state index >= 15 is 0 Å². The molecular formula is C15H23N3O2. The SMILES string of the molecule is CCn1nccc1CN1C[C@@H]2CCC[C@]2(C(=O)OC)C1. The zero-order valence-electron chi connectivity index (χ0n) is 12.3. The summed E-state index contributed by atoms with van der Waals surface area (Å²) >= 11 is 0. The van der Waals surface area contributed by atoms with Crippen molar-refractivity contribution < 1.29 is 9.53 Å². The number of methoxy groups -OCH3 is 1. The Balaban J connectivity index is 1.74. The number of ether oxygens (including phenoxy) is 1. The van der Waals surface area contributed by atoms with Crippen molar-refractivity contribution in [3.05, 3.63) is 18.0 Å². The second kappa shape index (κ2) is 5.20. The lowest BCUT2D eigenvalue weighted by atomic mass is 9.81. The van der Waals surface area contributed by atoms with Crippen LogP contribution in [0.3, 0.4) is 0 Å². The molecule has 2 heterocycles. The number of rotatable bonds is 4. The number of carbonyl (C=O) groups excluding carboxylic acids is 1. The smallest absolute Gasteiger partial charge is 0.313 e. The molecule has 0 amide bonds. The number of aromatic nitrogens is 2. The fraction of sp³-hybridized carbons (Fsp3) is 0.733. The highest BCUT2D eigenvalue weighted by atomic mass is 16.5. The van der Waals surface area contributed by atoms with Crippen LogP contribution >= 0.6 is 0 Å². The quantitative estimate of drug-likeness (QED) is 0.786. The maximum atomic E-state index is 12.2. The largest absolute Gasteiger partial charge is 0.469 e. The third-order valence-electron chi connectivity index (χ3n) is 5.02. The van der Waals surface area contributed by atoms with Crippen LogP contribution in [0.15, 0.2) is 12.3 Å². The summed E-state index contributed by atoms with van der Waals surface area (Å²) < 4.78 is 7.11. The molecule has 0 aromatic carbocycles. The van der Waals surface area contributed by atoms with Crippen molar-refractivity contribution in [3.63, 3.8) is 0 Å². The van der Waals surface area contributed by atoms with Crippen LogP contribution in [0, 0.1) is 11.3 Å². The summed E-state index contributed by atoms with van der Waals surface area (Å²) in [7, 11) is 1.52. The summed E-state index contributed by atoms with van der Waals surface area (Å²) in [6, 6.07) is 2.07. The van der Waals surface area contributed by atoms with Gasteiger partial charge >= 0.3 is 5.97 Å². The normalized spacial score (nSPS) is 29.6. The Bertz CT molecular complexity index is 499. The van der Waals surface area contributed by atoms with Crippen molar-refractivity contribution in [2.75, 3.05) is 20.2 Å². The summed E-state index contributed by atoms with van der Waals surface area (Å²) in [6.45, 7) is 5.71. The molecule has 1 aliphatic carbocycles. The lowest BCUT2D eigenvalue weighted by Gasteiger charge is -2.25. The molecule has 0 unspecified atom stereocenters. The van der Waals surface area contributed by atoms with Crippen LogP contribution in [-0.2, 0) is 22.6 Å². The first-order chi connectivity index (χ1) is 9.69. The number of carbonyl (C=O) groups is 1. The van der Waals surface area contributed by atoms with Gasteiger partial charge in [-0.15, -0.1) is 0 Å². The molecule has 1 aromatic heterocycles. The molecule has 20 heavy (non-hydrogen) atoms. The van der Waals surface area contributed by atoms with Crippen molar-refractivity contribution in [2.24, 2.45) is 11.3 Å². The van der Waals surface area contributed by atoms with Gasteiger partial charge in [0.1, 0.15) is 0 Å². The van der Waals surface area contributed by atoms with Crippen LogP contribution in [0.4, 0.5) is 0 Å². The standard InChI is InChI=1S/C15H23N3O2/c1-3-18-13(6-8-16-18)10-17-9-12-5-4-7-15(12,11-17)14(19)20-2/h6,8,12H,3-5,7,9-11H2,1-2H3/t12-,15-/m0/s1. The monoisotopic (exact) mass is 277 g/mol. The molecule has 1 saturated heterocycles. The highest BCUT2D eigenvalue weighted by Crippen LogP contribution is 2.49. The molecule has 0 bridgehead atoms. The Morgan fingerprint density at radius 1 is 1.60 bits per heavy atom. The summed E-state index contributed by atoms with van der Waals surface area (Å²) in [5, 5.41) is 4.32. The zero-order valence-corrected chi connectivity index (χ0v) is 12.3. The summed E-state index contributed by atoms with van der Waals surface area (Å²) in [5.74, 6) is 0.458. The lowest BCUT2D eigenvalue weighted by molar-refractivity contribution is -0.153. The lowest BCUT2D eigenvalue weighted by Crippen LogP contribution is -2.36. The highest BCUT2D eigenvalue weighted by Gasteiger charge is 2.55. The summed E-state index contributed by atoms with van der Waals surface area (Å²) in [6.07, 6.45) is 5.14. The van der Waals surface area contributed by atoms with E-state index in [2.05, 4.69) is 23.0 Å². The van der Waals surface area contributed by atoms with Crippen LogP contribution in [-0.4, -0.2) is 40.8 Å². The van der Waals surface area contributed by atoms with E-state index in [1.165, 1.54) is 12.8 Å². The number of hydrogen-bond donors (Lipinski definition) is 0. The van der Waals surface area contributed by atoms with E-state index in [0.717, 1.165) is 45.4 Å². The van der Waals surface area contributed by atoms with Crippen molar-refractivity contribution in [1.29, 1.82) is 0 Å². The minimum Gasteiger partial charge on any atom is -0.469 e. The highest BCUT2D eigenvalue weighted by molar-refractivity contribution is 5.78. The van der Waals surface area contributed by atoms with E-state index < -0.39 is 0 Å². The number of aryl methyl sites for hydroxylation is 1. The second-order valence-corrected chi connectivity index (χ2v) is 6.04. The fourth-order valence-corrected chi connectivity index (χ4v) is 4.06. The predicted octanol–water partition coefficient (Wildman–Crippen LogP) is 1.68. The van der Waals surface area contributed by atoms with Crippen molar-refractivity contribution in [1.82, 2.24) is 14.7 Å². The first-order valence-electron chi connectivity index (χ1n) is 7.51. The third kappa shape index (κ3) is 2.04. The Labute approximate surface area is 119 Å². The average molecular weight is 277 g/mol. The molecule has 0 radical (unpaired) electrons. The number of nitrogens with zero attached hydrogens (tertiary/aromatic N) is 3. The summed E-state index contributed by atoms with van der Waals surface area (Å²) in [5.41, 5.74) is 0.985. The second-order valence-electron chi connectivity index (χ2n) is 6.04. The van der Waals surface area contributed by atoms with Gasteiger partial charge in [-0.05, 0) is 31.7 Å². The van der Waals surface area contributed by atoms with Gasteiger partial charge in [0.15, 0.2) is 0 Å². The molecule has 5 heteroatoms. The Hall–Kier alpha value is -1.36. The molecular weight excluding hydrogens is 254 g/mol. The van der Waals surface area contributed by atoms with Crippen LogP contribution < -0.4 is 0 Å². The molecule has 5 nitrogen and oxygen atoms in total. The van der Waals surface area contributed by atoms with Gasteiger partial charge in [0.05, 0.1) is 18.2 Å². The van der Waals surface area contributed by atoms with Crippen molar-refractivity contribution in [2.45, 2.75) is 39.3 Å². The molecule has 2 fully saturated rings. The topological polar surface area (TPSA) is 47.4 Å². The van der Waals surface area contributed by atoms with Gasteiger partial charge in [-0.2, -0.15) is 5.10 Å². The molecule has 1 saturated carbocycles. The van der Waals surface area contributed by atoms with Crippen molar-refractivity contribution >= 4 is 5.97 Å². The molecule has 110 valence electrons. The zero-order chi connectivity index (χ0) is 14.2. The number of likely N-dealkylation sites (tertiary alicyclic amines) is 1. The summed E-state index contributed by atoms with van der Waals surface area (Å²) in [4.78, 5) is 14.6. The number of esters is 1. The average Bonchev–Trinajstić information content (AvgIpc) is 3.11. The molecule has 1 aromatic rings.